The van der Waals surface area contributed by atoms with Crippen molar-refractivity contribution in [1.82, 2.24) is 9.80 Å². The van der Waals surface area contributed by atoms with Gasteiger partial charge < -0.3 is 14.4 Å². The average molecular weight is 368 g/mol. The summed E-state index contributed by atoms with van der Waals surface area (Å²) in [6.45, 7) is 3.67. The number of piperazine rings is 1. The molecule has 1 aliphatic rings. The highest BCUT2D eigenvalue weighted by molar-refractivity contribution is 5.94. The van der Waals surface area contributed by atoms with Crippen molar-refractivity contribution in [2.75, 3.05) is 40.4 Å². The van der Waals surface area contributed by atoms with E-state index in [4.69, 9.17) is 9.47 Å². The number of benzene rings is 2. The smallest absolute Gasteiger partial charge is 0.337 e. The standard InChI is InChI=1S/C21H24N2O4/c1-26-19-8-4-6-17(14-19)20(24)23-11-9-22(10-12-23)15-16-5-3-7-18(13-16)21(25)27-2/h3-8,13-14H,9-12,15H2,1-2H3. The van der Waals surface area contributed by atoms with Gasteiger partial charge in [0.25, 0.3) is 5.91 Å². The van der Waals surface area contributed by atoms with Gasteiger partial charge in [0, 0.05) is 38.3 Å². The van der Waals surface area contributed by atoms with Crippen molar-refractivity contribution in [3.05, 3.63) is 65.2 Å². The van der Waals surface area contributed by atoms with Crippen LogP contribution in [0.4, 0.5) is 0 Å². The van der Waals surface area contributed by atoms with Gasteiger partial charge in [-0.2, -0.15) is 0 Å². The Bertz CT molecular complexity index is 813. The van der Waals surface area contributed by atoms with E-state index >= 15 is 0 Å². The van der Waals surface area contributed by atoms with Crippen LogP contribution >= 0.6 is 0 Å². The molecule has 0 aliphatic carbocycles. The van der Waals surface area contributed by atoms with E-state index in [1.807, 2.05) is 41.3 Å². The molecule has 6 heteroatoms. The van der Waals surface area contributed by atoms with E-state index in [2.05, 4.69) is 4.90 Å². The molecule has 2 aromatic rings. The van der Waals surface area contributed by atoms with Crippen molar-refractivity contribution >= 4 is 11.9 Å². The Balaban J connectivity index is 1.57. The molecule has 142 valence electrons. The molecule has 1 heterocycles. The fourth-order valence-electron chi connectivity index (χ4n) is 3.22. The van der Waals surface area contributed by atoms with Gasteiger partial charge in [-0.1, -0.05) is 18.2 Å². The Morgan fingerprint density at radius 2 is 1.63 bits per heavy atom. The molecule has 2 aromatic carbocycles. The fraction of sp³-hybridized carbons (Fsp3) is 0.333. The van der Waals surface area contributed by atoms with Gasteiger partial charge in [0.05, 0.1) is 19.8 Å². The third-order valence-corrected chi connectivity index (χ3v) is 4.73. The predicted octanol–water partition coefficient (Wildman–Crippen LogP) is 2.44. The molecule has 0 radical (unpaired) electrons. The summed E-state index contributed by atoms with van der Waals surface area (Å²) in [7, 11) is 2.98. The first-order chi connectivity index (χ1) is 13.1. The molecular weight excluding hydrogens is 344 g/mol. The molecule has 1 fully saturated rings. The summed E-state index contributed by atoms with van der Waals surface area (Å²) in [5.41, 5.74) is 2.26. The van der Waals surface area contributed by atoms with E-state index < -0.39 is 0 Å². The van der Waals surface area contributed by atoms with Gasteiger partial charge in [-0.3, -0.25) is 9.69 Å². The van der Waals surface area contributed by atoms with Gasteiger partial charge in [-0.15, -0.1) is 0 Å². The van der Waals surface area contributed by atoms with Gasteiger partial charge >= 0.3 is 5.97 Å². The number of esters is 1. The van der Waals surface area contributed by atoms with E-state index in [1.165, 1.54) is 7.11 Å². The molecule has 3 rings (SSSR count). The fourth-order valence-corrected chi connectivity index (χ4v) is 3.22. The average Bonchev–Trinajstić information content (AvgIpc) is 2.73. The number of carbonyl (C=O) groups is 2. The zero-order valence-corrected chi connectivity index (χ0v) is 15.7. The first-order valence-electron chi connectivity index (χ1n) is 8.93. The van der Waals surface area contributed by atoms with Crippen LogP contribution in [-0.4, -0.2) is 62.1 Å². The van der Waals surface area contributed by atoms with Crippen LogP contribution in [0, 0.1) is 0 Å². The number of nitrogens with zero attached hydrogens (tertiary/aromatic N) is 2. The molecule has 1 aliphatic heterocycles. The van der Waals surface area contributed by atoms with E-state index in [9.17, 15) is 9.59 Å². The highest BCUT2D eigenvalue weighted by Gasteiger charge is 2.22. The van der Waals surface area contributed by atoms with E-state index in [1.54, 1.807) is 19.2 Å². The van der Waals surface area contributed by atoms with Gasteiger partial charge in [-0.25, -0.2) is 4.79 Å². The normalized spacial score (nSPS) is 14.7. The lowest BCUT2D eigenvalue weighted by atomic mass is 10.1. The lowest BCUT2D eigenvalue weighted by molar-refractivity contribution is 0.0595. The molecule has 6 nitrogen and oxygen atoms in total. The highest BCUT2D eigenvalue weighted by Crippen LogP contribution is 2.16. The highest BCUT2D eigenvalue weighted by atomic mass is 16.5. The second-order valence-electron chi connectivity index (χ2n) is 6.49. The molecule has 0 aromatic heterocycles. The van der Waals surface area contributed by atoms with Crippen LogP contribution in [0.25, 0.3) is 0 Å². The summed E-state index contributed by atoms with van der Waals surface area (Å²) in [5.74, 6) is 0.386. The number of carbonyl (C=O) groups excluding carboxylic acids is 2. The van der Waals surface area contributed by atoms with Crippen molar-refractivity contribution in [2.45, 2.75) is 6.54 Å². The number of rotatable bonds is 5. The molecule has 0 spiro atoms. The lowest BCUT2D eigenvalue weighted by Crippen LogP contribution is -2.48. The quantitative estimate of drug-likeness (QED) is 0.759. The minimum absolute atomic E-state index is 0.0289. The largest absolute Gasteiger partial charge is 0.497 e. The first-order valence-corrected chi connectivity index (χ1v) is 8.93. The minimum atomic E-state index is -0.328. The molecule has 0 atom stereocenters. The molecular formula is C21H24N2O4. The van der Waals surface area contributed by atoms with Crippen LogP contribution < -0.4 is 4.74 Å². The zero-order valence-electron chi connectivity index (χ0n) is 15.7. The number of amides is 1. The summed E-state index contributed by atoms with van der Waals surface area (Å²) in [6.07, 6.45) is 0. The molecule has 1 saturated heterocycles. The third kappa shape index (κ3) is 4.65. The summed E-state index contributed by atoms with van der Waals surface area (Å²) in [5, 5.41) is 0. The van der Waals surface area contributed by atoms with E-state index in [-0.39, 0.29) is 11.9 Å². The van der Waals surface area contributed by atoms with Crippen molar-refractivity contribution in [1.29, 1.82) is 0 Å². The Hall–Kier alpha value is -2.86. The Morgan fingerprint density at radius 3 is 2.33 bits per heavy atom. The Labute approximate surface area is 159 Å². The van der Waals surface area contributed by atoms with Gasteiger partial charge in [0.1, 0.15) is 5.75 Å². The van der Waals surface area contributed by atoms with Crippen molar-refractivity contribution in [3.8, 4) is 5.75 Å². The van der Waals surface area contributed by atoms with Crippen LogP contribution in [0.1, 0.15) is 26.3 Å². The maximum atomic E-state index is 12.7. The molecule has 1 amide bonds. The van der Waals surface area contributed by atoms with E-state index in [0.29, 0.717) is 30.0 Å². The van der Waals surface area contributed by atoms with Crippen LogP contribution in [0.5, 0.6) is 5.75 Å². The summed E-state index contributed by atoms with van der Waals surface area (Å²) in [4.78, 5) is 28.5. The van der Waals surface area contributed by atoms with Gasteiger partial charge in [0.15, 0.2) is 0 Å². The van der Waals surface area contributed by atoms with Crippen LogP contribution in [0.2, 0.25) is 0 Å². The van der Waals surface area contributed by atoms with Crippen LogP contribution in [0.3, 0.4) is 0 Å². The number of hydrogen-bond acceptors (Lipinski definition) is 5. The minimum Gasteiger partial charge on any atom is -0.497 e. The zero-order chi connectivity index (χ0) is 19.2. The maximum Gasteiger partial charge on any atom is 0.337 e. The third-order valence-electron chi connectivity index (χ3n) is 4.73. The van der Waals surface area contributed by atoms with Crippen molar-refractivity contribution in [2.24, 2.45) is 0 Å². The monoisotopic (exact) mass is 368 g/mol. The Morgan fingerprint density at radius 1 is 0.926 bits per heavy atom. The molecule has 0 bridgehead atoms. The van der Waals surface area contributed by atoms with Gasteiger partial charge in [-0.05, 0) is 35.9 Å². The van der Waals surface area contributed by atoms with E-state index in [0.717, 1.165) is 25.2 Å². The SMILES string of the molecule is COC(=O)c1cccc(CN2CCN(C(=O)c3cccc(OC)c3)CC2)c1. The topological polar surface area (TPSA) is 59.1 Å². The van der Waals surface area contributed by atoms with Crippen molar-refractivity contribution < 1.29 is 19.1 Å². The maximum absolute atomic E-state index is 12.7. The number of ether oxygens (including phenoxy) is 2. The van der Waals surface area contributed by atoms with Crippen LogP contribution in [0.15, 0.2) is 48.5 Å². The predicted molar refractivity (Wildman–Crippen MR) is 102 cm³/mol. The van der Waals surface area contributed by atoms with Gasteiger partial charge in [0.2, 0.25) is 0 Å². The molecule has 27 heavy (non-hydrogen) atoms. The first kappa shape index (κ1) is 18.9. The second kappa shape index (κ2) is 8.68. The van der Waals surface area contributed by atoms with Crippen molar-refractivity contribution in [3.63, 3.8) is 0 Å². The number of methoxy groups -OCH3 is 2. The summed E-state index contributed by atoms with van der Waals surface area (Å²) < 4.78 is 9.97. The summed E-state index contributed by atoms with van der Waals surface area (Å²) in [6, 6.07) is 14.7. The van der Waals surface area contributed by atoms with Crippen LogP contribution in [-0.2, 0) is 11.3 Å². The Kier molecular flexibility index (Phi) is 6.08. The lowest BCUT2D eigenvalue weighted by Gasteiger charge is -2.34. The molecule has 0 saturated carbocycles. The number of hydrogen-bond donors (Lipinski definition) is 0. The summed E-state index contributed by atoms with van der Waals surface area (Å²) >= 11 is 0. The second-order valence-corrected chi connectivity index (χ2v) is 6.49. The molecule has 0 N–H and O–H groups in total. The molecule has 0 unspecified atom stereocenters.